The number of rotatable bonds is 4. The van der Waals surface area contributed by atoms with Gasteiger partial charge in [-0.3, -0.25) is 5.10 Å². The lowest BCUT2D eigenvalue weighted by Crippen LogP contribution is -2.13. The third kappa shape index (κ3) is 1.87. The molecular formula is C13H21N3. The van der Waals surface area contributed by atoms with Gasteiger partial charge in [-0.05, 0) is 43.4 Å². The molecule has 16 heavy (non-hydrogen) atoms. The van der Waals surface area contributed by atoms with Crippen LogP contribution in [0.5, 0.6) is 0 Å². The Morgan fingerprint density at radius 2 is 2.25 bits per heavy atom. The minimum atomic E-state index is 0.890. The van der Waals surface area contributed by atoms with Crippen LogP contribution in [-0.2, 0) is 12.8 Å². The van der Waals surface area contributed by atoms with E-state index in [-0.39, 0.29) is 0 Å². The number of fused-ring (bicyclic) bond motifs is 2. The topological polar surface area (TPSA) is 41.6 Å². The molecule has 88 valence electrons. The Hall–Kier alpha value is -0.860. The molecule has 1 aromatic heterocycles. The molecule has 3 unspecified atom stereocenters. The number of hydrogen-bond acceptors (Lipinski definition) is 2. The molecule has 0 aromatic carbocycles. The van der Waals surface area contributed by atoms with E-state index >= 15 is 0 Å². The van der Waals surface area contributed by atoms with Gasteiger partial charge in [0.2, 0.25) is 0 Å². The molecule has 3 rings (SSSR count). The summed E-state index contributed by atoms with van der Waals surface area (Å²) in [5.74, 6) is 5.04. The second-order valence-corrected chi connectivity index (χ2v) is 5.59. The van der Waals surface area contributed by atoms with E-state index in [1.54, 1.807) is 0 Å². The van der Waals surface area contributed by atoms with E-state index in [0.717, 1.165) is 48.7 Å². The number of aromatic nitrogens is 3. The van der Waals surface area contributed by atoms with Crippen molar-refractivity contribution in [1.82, 2.24) is 15.2 Å². The number of nitrogens with one attached hydrogen (secondary N) is 1. The van der Waals surface area contributed by atoms with E-state index in [4.69, 9.17) is 0 Å². The van der Waals surface area contributed by atoms with Gasteiger partial charge in [-0.15, -0.1) is 0 Å². The highest BCUT2D eigenvalue weighted by Gasteiger charge is 2.39. The van der Waals surface area contributed by atoms with E-state index in [1.165, 1.54) is 25.7 Å². The fraction of sp³-hybridized carbons (Fsp3) is 0.846. The Bertz CT molecular complexity index is 358. The highest BCUT2D eigenvalue weighted by molar-refractivity contribution is 4.97. The van der Waals surface area contributed by atoms with Crippen LogP contribution >= 0.6 is 0 Å². The van der Waals surface area contributed by atoms with Crippen LogP contribution in [0, 0.1) is 17.8 Å². The predicted octanol–water partition coefficient (Wildman–Crippen LogP) is 2.74. The minimum absolute atomic E-state index is 0.890. The van der Waals surface area contributed by atoms with Crippen LogP contribution in [-0.4, -0.2) is 15.2 Å². The van der Waals surface area contributed by atoms with Crippen molar-refractivity contribution in [3.05, 3.63) is 11.6 Å². The third-order valence-electron chi connectivity index (χ3n) is 4.39. The molecule has 1 N–H and O–H groups in total. The lowest BCUT2D eigenvalue weighted by atomic mass is 9.86. The van der Waals surface area contributed by atoms with Crippen molar-refractivity contribution < 1.29 is 0 Å². The van der Waals surface area contributed by atoms with Gasteiger partial charge in [-0.25, -0.2) is 4.98 Å². The molecule has 0 saturated heterocycles. The van der Waals surface area contributed by atoms with Crippen molar-refractivity contribution in [3.8, 4) is 0 Å². The lowest BCUT2D eigenvalue weighted by molar-refractivity contribution is 0.327. The summed E-state index contributed by atoms with van der Waals surface area (Å²) >= 11 is 0. The van der Waals surface area contributed by atoms with Gasteiger partial charge in [0.1, 0.15) is 5.82 Å². The molecule has 2 aliphatic rings. The monoisotopic (exact) mass is 219 g/mol. The van der Waals surface area contributed by atoms with Gasteiger partial charge < -0.3 is 0 Å². The van der Waals surface area contributed by atoms with Gasteiger partial charge in [0.15, 0.2) is 5.82 Å². The maximum Gasteiger partial charge on any atom is 0.150 e. The number of aryl methyl sites for hydroxylation is 1. The summed E-state index contributed by atoms with van der Waals surface area (Å²) in [5.41, 5.74) is 0. The lowest BCUT2D eigenvalue weighted by Gasteiger charge is -2.19. The molecule has 3 heteroatoms. The molecule has 1 aromatic rings. The smallest absolute Gasteiger partial charge is 0.150 e. The summed E-state index contributed by atoms with van der Waals surface area (Å²) < 4.78 is 0. The summed E-state index contributed by atoms with van der Waals surface area (Å²) in [6.07, 6.45) is 9.15. The normalized spacial score (nSPS) is 32.4. The molecule has 2 saturated carbocycles. The zero-order valence-electron chi connectivity index (χ0n) is 10.1. The summed E-state index contributed by atoms with van der Waals surface area (Å²) in [6.45, 7) is 2.17. The molecule has 2 bridgehead atoms. The van der Waals surface area contributed by atoms with E-state index in [9.17, 15) is 0 Å². The van der Waals surface area contributed by atoms with Gasteiger partial charge in [0, 0.05) is 12.8 Å². The van der Waals surface area contributed by atoms with E-state index in [1.807, 2.05) is 0 Å². The van der Waals surface area contributed by atoms with Crippen LogP contribution in [0.25, 0.3) is 0 Å². The van der Waals surface area contributed by atoms with Crippen molar-refractivity contribution >= 4 is 0 Å². The maximum absolute atomic E-state index is 4.58. The Morgan fingerprint density at radius 1 is 1.31 bits per heavy atom. The molecule has 0 spiro atoms. The Balaban J connectivity index is 1.61. The number of hydrogen-bond donors (Lipinski definition) is 1. The highest BCUT2D eigenvalue weighted by Crippen LogP contribution is 2.49. The van der Waals surface area contributed by atoms with Crippen molar-refractivity contribution in [1.29, 1.82) is 0 Å². The van der Waals surface area contributed by atoms with Crippen LogP contribution in [0.3, 0.4) is 0 Å². The van der Waals surface area contributed by atoms with Gasteiger partial charge in [0.05, 0.1) is 0 Å². The first kappa shape index (κ1) is 10.3. The second kappa shape index (κ2) is 4.19. The van der Waals surface area contributed by atoms with Crippen LogP contribution in [0.2, 0.25) is 0 Å². The SMILES string of the molecule is CCCc1n[nH]c(CC2CC3CCC2C3)n1. The quantitative estimate of drug-likeness (QED) is 0.846. The van der Waals surface area contributed by atoms with E-state index < -0.39 is 0 Å². The average molecular weight is 219 g/mol. The van der Waals surface area contributed by atoms with Crippen LogP contribution in [0.1, 0.15) is 50.7 Å². The van der Waals surface area contributed by atoms with Crippen molar-refractivity contribution in [2.45, 2.75) is 51.9 Å². The first-order chi connectivity index (χ1) is 7.85. The zero-order valence-corrected chi connectivity index (χ0v) is 10.1. The summed E-state index contributed by atoms with van der Waals surface area (Å²) in [7, 11) is 0. The fourth-order valence-electron chi connectivity index (χ4n) is 3.64. The van der Waals surface area contributed by atoms with Crippen molar-refractivity contribution in [2.75, 3.05) is 0 Å². The highest BCUT2D eigenvalue weighted by atomic mass is 15.2. The van der Waals surface area contributed by atoms with E-state index in [2.05, 4.69) is 22.1 Å². The van der Waals surface area contributed by atoms with Gasteiger partial charge in [-0.1, -0.05) is 13.3 Å². The van der Waals surface area contributed by atoms with E-state index in [0.29, 0.717) is 0 Å². The summed E-state index contributed by atoms with van der Waals surface area (Å²) in [5, 5.41) is 7.39. The Labute approximate surface area is 97.1 Å². The second-order valence-electron chi connectivity index (χ2n) is 5.59. The molecule has 0 radical (unpaired) electrons. The molecule has 1 heterocycles. The molecule has 2 aliphatic carbocycles. The number of H-pyrrole nitrogens is 1. The van der Waals surface area contributed by atoms with Crippen LogP contribution in [0.4, 0.5) is 0 Å². The molecule has 3 atom stereocenters. The third-order valence-corrected chi connectivity index (χ3v) is 4.39. The molecule has 2 fully saturated rings. The Kier molecular flexibility index (Phi) is 2.70. The number of nitrogens with zero attached hydrogens (tertiary/aromatic N) is 2. The van der Waals surface area contributed by atoms with Crippen LogP contribution < -0.4 is 0 Å². The minimum Gasteiger partial charge on any atom is -0.263 e. The van der Waals surface area contributed by atoms with Gasteiger partial charge in [0.25, 0.3) is 0 Å². The summed E-state index contributed by atoms with van der Waals surface area (Å²) in [6, 6.07) is 0. The molecule has 0 amide bonds. The zero-order chi connectivity index (χ0) is 11.0. The molecule has 3 nitrogen and oxygen atoms in total. The standard InChI is InChI=1S/C13H21N3/c1-2-3-12-14-13(16-15-12)8-11-7-9-4-5-10(11)6-9/h9-11H,2-8H2,1H3,(H,14,15,16). The van der Waals surface area contributed by atoms with Crippen LogP contribution in [0.15, 0.2) is 0 Å². The van der Waals surface area contributed by atoms with Gasteiger partial charge >= 0.3 is 0 Å². The average Bonchev–Trinajstić information content (AvgIpc) is 2.95. The summed E-state index contributed by atoms with van der Waals surface area (Å²) in [4.78, 5) is 4.58. The number of aromatic amines is 1. The first-order valence-corrected chi connectivity index (χ1v) is 6.75. The first-order valence-electron chi connectivity index (χ1n) is 6.75. The largest absolute Gasteiger partial charge is 0.263 e. The van der Waals surface area contributed by atoms with Crippen molar-refractivity contribution in [2.24, 2.45) is 17.8 Å². The van der Waals surface area contributed by atoms with Gasteiger partial charge in [-0.2, -0.15) is 5.10 Å². The Morgan fingerprint density at radius 3 is 2.94 bits per heavy atom. The molecule has 0 aliphatic heterocycles. The van der Waals surface area contributed by atoms with Crippen molar-refractivity contribution in [3.63, 3.8) is 0 Å². The fourth-order valence-corrected chi connectivity index (χ4v) is 3.64. The molecular weight excluding hydrogens is 198 g/mol. The maximum atomic E-state index is 4.58. The predicted molar refractivity (Wildman–Crippen MR) is 63.0 cm³/mol.